The van der Waals surface area contributed by atoms with E-state index in [1.807, 2.05) is 35.6 Å². The number of nitrogens with zero attached hydrogens (tertiary/aromatic N) is 4. The summed E-state index contributed by atoms with van der Waals surface area (Å²) in [5, 5.41) is 6.06. The molecule has 0 fully saturated rings. The first-order valence-electron chi connectivity index (χ1n) is 17.4. The summed E-state index contributed by atoms with van der Waals surface area (Å²) in [5.74, 6) is 1.99. The van der Waals surface area contributed by atoms with Crippen LogP contribution in [-0.2, 0) is 0 Å². The third kappa shape index (κ3) is 5.16. The molecule has 0 N–H and O–H groups in total. The van der Waals surface area contributed by atoms with Crippen molar-refractivity contribution in [1.82, 2.24) is 19.9 Å². The van der Waals surface area contributed by atoms with Crippen molar-refractivity contribution in [2.45, 2.75) is 0 Å². The Hall–Kier alpha value is -6.12. The third-order valence-corrected chi connectivity index (χ3v) is 13.3. The van der Waals surface area contributed by atoms with Gasteiger partial charge in [0.1, 0.15) is 5.01 Å². The number of thiazole rings is 1. The summed E-state index contributed by atoms with van der Waals surface area (Å²) in [6, 6.07) is 55.6. The molecule has 0 radical (unpaired) electrons. The molecule has 0 aliphatic carbocycles. The summed E-state index contributed by atoms with van der Waals surface area (Å²) in [6.45, 7) is 0. The van der Waals surface area contributed by atoms with E-state index in [1.54, 1.807) is 22.7 Å². The second-order valence-electron chi connectivity index (χ2n) is 13.0. The van der Waals surface area contributed by atoms with E-state index in [4.69, 9.17) is 19.9 Å². The highest BCUT2D eigenvalue weighted by molar-refractivity contribution is 7.26. The number of hydrogen-bond donors (Lipinski definition) is 0. The van der Waals surface area contributed by atoms with Crippen LogP contribution in [0.3, 0.4) is 0 Å². The molecular formula is C46H26N4S3. The van der Waals surface area contributed by atoms with Gasteiger partial charge in [0.05, 0.1) is 10.2 Å². The Balaban J connectivity index is 1.00. The Labute approximate surface area is 316 Å². The highest BCUT2D eigenvalue weighted by Crippen LogP contribution is 2.43. The van der Waals surface area contributed by atoms with Crippen LogP contribution in [-0.4, -0.2) is 19.9 Å². The normalized spacial score (nSPS) is 11.8. The zero-order valence-electron chi connectivity index (χ0n) is 28.0. The molecule has 7 heteroatoms. The van der Waals surface area contributed by atoms with Crippen LogP contribution in [0, 0.1) is 0 Å². The van der Waals surface area contributed by atoms with E-state index < -0.39 is 0 Å². The van der Waals surface area contributed by atoms with Gasteiger partial charge < -0.3 is 0 Å². The summed E-state index contributed by atoms with van der Waals surface area (Å²) < 4.78 is 6.20. The summed E-state index contributed by atoms with van der Waals surface area (Å²) in [5.41, 5.74) is 7.50. The van der Waals surface area contributed by atoms with Crippen molar-refractivity contribution in [1.29, 1.82) is 0 Å². The van der Waals surface area contributed by atoms with Crippen LogP contribution in [0.25, 0.3) is 106 Å². The Morgan fingerprint density at radius 3 is 1.68 bits per heavy atom. The summed E-state index contributed by atoms with van der Waals surface area (Å²) >= 11 is 5.38. The fourth-order valence-corrected chi connectivity index (χ4v) is 10.6. The topological polar surface area (TPSA) is 51.6 Å². The summed E-state index contributed by atoms with van der Waals surface area (Å²) in [6.07, 6.45) is 0. The Bertz CT molecular complexity index is 3140. The van der Waals surface area contributed by atoms with Crippen molar-refractivity contribution >= 4 is 84.6 Å². The first-order chi connectivity index (χ1) is 26.2. The Morgan fingerprint density at radius 1 is 0.321 bits per heavy atom. The number of fused-ring (bicyclic) bond motifs is 7. The summed E-state index contributed by atoms with van der Waals surface area (Å²) in [7, 11) is 0. The second kappa shape index (κ2) is 12.2. The number of thiophene rings is 2. The van der Waals surface area contributed by atoms with Crippen LogP contribution in [0.2, 0.25) is 0 Å². The van der Waals surface area contributed by atoms with E-state index in [0.29, 0.717) is 17.5 Å². The molecule has 0 saturated heterocycles. The minimum atomic E-state index is 0.654. The fraction of sp³-hybridized carbons (Fsp3) is 0. The van der Waals surface area contributed by atoms with Gasteiger partial charge in [-0.2, -0.15) is 0 Å². The monoisotopic (exact) mass is 730 g/mol. The van der Waals surface area contributed by atoms with E-state index >= 15 is 0 Å². The largest absolute Gasteiger partial charge is 0.236 e. The number of hydrogen-bond acceptors (Lipinski definition) is 7. The van der Waals surface area contributed by atoms with E-state index in [-0.39, 0.29) is 0 Å². The molecule has 7 aromatic carbocycles. The Morgan fingerprint density at radius 2 is 0.887 bits per heavy atom. The summed E-state index contributed by atoms with van der Waals surface area (Å²) in [4.78, 5) is 20.1. The number of rotatable bonds is 5. The van der Waals surface area contributed by atoms with Crippen molar-refractivity contribution in [2.75, 3.05) is 0 Å². The Kier molecular flexibility index (Phi) is 7.05. The number of para-hydroxylation sites is 1. The predicted molar refractivity (Wildman–Crippen MR) is 226 cm³/mol. The van der Waals surface area contributed by atoms with Gasteiger partial charge in [-0.05, 0) is 47.5 Å². The molecule has 4 aromatic heterocycles. The lowest BCUT2D eigenvalue weighted by molar-refractivity contribution is 1.08. The van der Waals surface area contributed by atoms with Gasteiger partial charge in [-0.3, -0.25) is 0 Å². The quantitative estimate of drug-likeness (QED) is 0.177. The molecule has 0 saturated carbocycles. The molecule has 53 heavy (non-hydrogen) atoms. The van der Waals surface area contributed by atoms with Crippen LogP contribution in [0.4, 0.5) is 0 Å². The highest BCUT2D eigenvalue weighted by Gasteiger charge is 2.18. The smallest absolute Gasteiger partial charge is 0.165 e. The SMILES string of the molecule is c1ccc(-c2nc(-c3ccc(-c4cccc5c4sc4ccc(-c6nc7ccccc7s6)cc45)cc3)nc(-c3cccc4c3sc3ccccc34)n2)cc1. The van der Waals surface area contributed by atoms with Gasteiger partial charge in [-0.1, -0.05) is 121 Å². The van der Waals surface area contributed by atoms with Crippen LogP contribution in [0.5, 0.6) is 0 Å². The molecule has 0 atom stereocenters. The first-order valence-corrected chi connectivity index (χ1v) is 19.8. The minimum Gasteiger partial charge on any atom is -0.236 e. The van der Waals surface area contributed by atoms with Crippen molar-refractivity contribution < 1.29 is 0 Å². The zero-order valence-corrected chi connectivity index (χ0v) is 30.5. The van der Waals surface area contributed by atoms with E-state index in [2.05, 4.69) is 133 Å². The van der Waals surface area contributed by atoms with Crippen molar-refractivity contribution in [2.24, 2.45) is 0 Å². The van der Waals surface area contributed by atoms with E-state index in [1.165, 1.54) is 50.6 Å². The van der Waals surface area contributed by atoms with Gasteiger partial charge >= 0.3 is 0 Å². The second-order valence-corrected chi connectivity index (χ2v) is 16.1. The van der Waals surface area contributed by atoms with Gasteiger partial charge in [0.15, 0.2) is 17.5 Å². The molecule has 4 heterocycles. The maximum atomic E-state index is 5.13. The van der Waals surface area contributed by atoms with Crippen molar-refractivity contribution in [3.63, 3.8) is 0 Å². The maximum Gasteiger partial charge on any atom is 0.165 e. The van der Waals surface area contributed by atoms with Gasteiger partial charge in [0.25, 0.3) is 0 Å². The molecular weight excluding hydrogens is 705 g/mol. The minimum absolute atomic E-state index is 0.654. The van der Waals surface area contributed by atoms with Crippen LogP contribution in [0.15, 0.2) is 158 Å². The van der Waals surface area contributed by atoms with Gasteiger partial charge in [0.2, 0.25) is 0 Å². The molecule has 0 spiro atoms. The van der Waals surface area contributed by atoms with Gasteiger partial charge in [0, 0.05) is 62.6 Å². The van der Waals surface area contributed by atoms with E-state index in [0.717, 1.165) is 38.3 Å². The lowest BCUT2D eigenvalue weighted by Gasteiger charge is -2.10. The first kappa shape index (κ1) is 30.5. The molecule has 0 bridgehead atoms. The number of benzene rings is 7. The average Bonchev–Trinajstić information content (AvgIpc) is 3.94. The predicted octanol–water partition coefficient (Wildman–Crippen LogP) is 13.6. The molecule has 0 aliphatic rings. The molecule has 0 unspecified atom stereocenters. The lowest BCUT2D eigenvalue weighted by Crippen LogP contribution is -2.00. The molecule has 11 aromatic rings. The molecule has 0 aliphatic heterocycles. The van der Waals surface area contributed by atoms with Crippen molar-refractivity contribution in [3.05, 3.63) is 158 Å². The fourth-order valence-electron chi connectivity index (χ4n) is 7.22. The van der Waals surface area contributed by atoms with Crippen LogP contribution in [0.1, 0.15) is 0 Å². The molecule has 0 amide bonds. The average molecular weight is 731 g/mol. The third-order valence-electron chi connectivity index (χ3n) is 9.80. The van der Waals surface area contributed by atoms with Crippen LogP contribution >= 0.6 is 34.0 Å². The van der Waals surface area contributed by atoms with Crippen LogP contribution < -0.4 is 0 Å². The molecule has 11 rings (SSSR count). The van der Waals surface area contributed by atoms with Gasteiger partial charge in [-0.15, -0.1) is 34.0 Å². The number of aromatic nitrogens is 4. The van der Waals surface area contributed by atoms with E-state index in [9.17, 15) is 0 Å². The molecule has 4 nitrogen and oxygen atoms in total. The van der Waals surface area contributed by atoms with Crippen molar-refractivity contribution in [3.8, 4) is 55.9 Å². The lowest BCUT2D eigenvalue weighted by atomic mass is 10.0. The molecule has 248 valence electrons. The zero-order chi connectivity index (χ0) is 34.9. The standard InChI is InChI=1S/C46H26N4S3/c1-2-10-28(11-3-1)43-48-44(50-45(49-43)35-16-9-14-33-32-12-4-6-18-38(32)51-42(33)35)29-22-20-27(21-23-29)31-13-8-15-34-36-26-30(24-25-39(36)52-41(31)34)46-47-37-17-5-7-19-40(37)53-46/h1-26H. The maximum absolute atomic E-state index is 5.13. The highest BCUT2D eigenvalue weighted by atomic mass is 32.1. The van der Waals surface area contributed by atoms with Gasteiger partial charge in [-0.25, -0.2) is 19.9 Å².